The Morgan fingerprint density at radius 3 is 2.77 bits per heavy atom. The molecule has 1 saturated carbocycles. The SMILES string of the molecule is [2H]C1(C[C@H](N)C(=O)N2CCC[C@H]2C(=O)NCc2ccccc2-n2cnnn2)CCCCC1. The number of carbonyl (C=O) groups excluding carboxylic acids is 2. The van der Waals surface area contributed by atoms with Gasteiger partial charge in [-0.2, -0.15) is 0 Å². The van der Waals surface area contributed by atoms with Gasteiger partial charge in [-0.05, 0) is 47.2 Å². The van der Waals surface area contributed by atoms with Gasteiger partial charge < -0.3 is 16.0 Å². The molecule has 1 aromatic carbocycles. The molecule has 2 aromatic rings. The van der Waals surface area contributed by atoms with E-state index in [1.54, 1.807) is 9.58 Å². The molecule has 0 unspecified atom stereocenters. The summed E-state index contributed by atoms with van der Waals surface area (Å²) < 4.78 is 10.2. The lowest BCUT2D eigenvalue weighted by Gasteiger charge is -2.29. The smallest absolute Gasteiger partial charge is 0.243 e. The van der Waals surface area contributed by atoms with Crippen molar-refractivity contribution in [2.75, 3.05) is 6.54 Å². The first-order valence-corrected chi connectivity index (χ1v) is 11.1. The maximum Gasteiger partial charge on any atom is 0.243 e. The summed E-state index contributed by atoms with van der Waals surface area (Å²) in [5.41, 5.74) is 7.90. The summed E-state index contributed by atoms with van der Waals surface area (Å²) in [5.74, 6) is -1.02. The first-order valence-electron chi connectivity index (χ1n) is 11.6. The highest BCUT2D eigenvalue weighted by Crippen LogP contribution is 2.28. The fourth-order valence-corrected chi connectivity index (χ4v) is 4.63. The van der Waals surface area contributed by atoms with Gasteiger partial charge in [0.05, 0.1) is 11.7 Å². The first kappa shape index (κ1) is 20.1. The minimum atomic E-state index is -0.737. The molecule has 1 aromatic heterocycles. The number of likely N-dealkylation sites (tertiary alicyclic amines) is 1. The Kier molecular flexibility index (Phi) is 6.49. The van der Waals surface area contributed by atoms with Crippen LogP contribution < -0.4 is 11.1 Å². The lowest BCUT2D eigenvalue weighted by Crippen LogP contribution is -2.51. The van der Waals surface area contributed by atoms with Crippen LogP contribution in [0.3, 0.4) is 0 Å². The number of nitrogens with zero attached hydrogens (tertiary/aromatic N) is 5. The molecule has 9 nitrogen and oxygen atoms in total. The van der Waals surface area contributed by atoms with Crippen LogP contribution in [0.15, 0.2) is 30.6 Å². The van der Waals surface area contributed by atoms with Crippen molar-refractivity contribution in [3.05, 3.63) is 36.2 Å². The first-order chi connectivity index (χ1) is 15.5. The van der Waals surface area contributed by atoms with Gasteiger partial charge in [0.1, 0.15) is 12.4 Å². The molecular formula is C22H31N7O2. The summed E-state index contributed by atoms with van der Waals surface area (Å²) in [6.07, 6.45) is 8.01. The molecule has 0 radical (unpaired) electrons. The number of tetrazole rings is 1. The van der Waals surface area contributed by atoms with Crippen LogP contribution in [0.2, 0.25) is 0 Å². The molecule has 2 fully saturated rings. The van der Waals surface area contributed by atoms with Crippen molar-refractivity contribution in [2.24, 2.45) is 11.6 Å². The molecule has 1 aliphatic heterocycles. The minimum Gasteiger partial charge on any atom is -0.350 e. The number of hydrogen-bond acceptors (Lipinski definition) is 6. The van der Waals surface area contributed by atoms with E-state index < -0.39 is 18.0 Å². The van der Waals surface area contributed by atoms with Crippen LogP contribution in [0.4, 0.5) is 0 Å². The van der Waals surface area contributed by atoms with E-state index in [0.717, 1.165) is 49.8 Å². The fraction of sp³-hybridized carbons (Fsp3) is 0.591. The maximum atomic E-state index is 13.1. The third kappa shape index (κ3) is 5.10. The number of benzene rings is 1. The minimum absolute atomic E-state index is 0.187. The van der Waals surface area contributed by atoms with E-state index in [-0.39, 0.29) is 11.8 Å². The molecule has 1 saturated heterocycles. The maximum absolute atomic E-state index is 13.1. The molecule has 166 valence electrons. The largest absolute Gasteiger partial charge is 0.350 e. The molecule has 0 spiro atoms. The number of hydrogen-bond donors (Lipinski definition) is 2. The standard InChI is InChI=1S/C22H31N7O2/c23-18(13-16-7-2-1-3-8-16)22(31)28-12-6-11-20(28)21(30)24-14-17-9-4-5-10-19(17)29-15-25-26-27-29/h4-5,9-10,15-16,18,20H,1-3,6-8,11-14,23H2,(H,24,30)/t18-,20-/m0/s1/i16D. The van der Waals surface area contributed by atoms with E-state index in [1.165, 1.54) is 6.33 Å². The summed E-state index contributed by atoms with van der Waals surface area (Å²) in [7, 11) is 0. The van der Waals surface area contributed by atoms with Gasteiger partial charge in [0.25, 0.3) is 0 Å². The number of rotatable bonds is 7. The molecule has 1 aliphatic carbocycles. The van der Waals surface area contributed by atoms with Gasteiger partial charge in [-0.3, -0.25) is 9.59 Å². The lowest BCUT2D eigenvalue weighted by atomic mass is 9.84. The predicted molar refractivity (Wildman–Crippen MR) is 115 cm³/mol. The Balaban J connectivity index is 1.37. The van der Waals surface area contributed by atoms with E-state index in [0.29, 0.717) is 25.9 Å². The topological polar surface area (TPSA) is 119 Å². The Bertz CT molecular complexity index is 930. The highest BCUT2D eigenvalue weighted by atomic mass is 16.2. The molecule has 2 heterocycles. The molecule has 2 atom stereocenters. The van der Waals surface area contributed by atoms with Crippen molar-refractivity contribution >= 4 is 11.8 Å². The second-order valence-corrected chi connectivity index (χ2v) is 8.41. The second-order valence-electron chi connectivity index (χ2n) is 8.41. The zero-order valence-electron chi connectivity index (χ0n) is 18.7. The van der Waals surface area contributed by atoms with Gasteiger partial charge in [0.2, 0.25) is 11.8 Å². The third-order valence-electron chi connectivity index (χ3n) is 6.27. The monoisotopic (exact) mass is 426 g/mol. The van der Waals surface area contributed by atoms with Crippen molar-refractivity contribution in [1.29, 1.82) is 0 Å². The van der Waals surface area contributed by atoms with E-state index in [1.807, 2.05) is 24.3 Å². The number of amides is 2. The highest BCUT2D eigenvalue weighted by Gasteiger charge is 2.36. The van der Waals surface area contributed by atoms with E-state index in [9.17, 15) is 9.59 Å². The highest BCUT2D eigenvalue weighted by molar-refractivity contribution is 5.90. The number of aromatic nitrogens is 4. The van der Waals surface area contributed by atoms with Crippen LogP contribution >= 0.6 is 0 Å². The average Bonchev–Trinajstić information content (AvgIpc) is 3.49. The summed E-state index contributed by atoms with van der Waals surface area (Å²) in [4.78, 5) is 27.7. The summed E-state index contributed by atoms with van der Waals surface area (Å²) in [5, 5.41) is 14.2. The Morgan fingerprint density at radius 2 is 2.00 bits per heavy atom. The van der Waals surface area contributed by atoms with Crippen LogP contribution in [-0.2, 0) is 16.1 Å². The predicted octanol–water partition coefficient (Wildman–Crippen LogP) is 1.57. The van der Waals surface area contributed by atoms with Gasteiger partial charge >= 0.3 is 0 Å². The number of nitrogens with one attached hydrogen (secondary N) is 1. The second kappa shape index (κ2) is 10.00. The van der Waals surface area contributed by atoms with E-state index >= 15 is 0 Å². The van der Waals surface area contributed by atoms with Crippen LogP contribution in [-0.4, -0.2) is 55.5 Å². The molecule has 2 aliphatic rings. The third-order valence-corrected chi connectivity index (χ3v) is 6.27. The van der Waals surface area contributed by atoms with Gasteiger partial charge in [-0.1, -0.05) is 50.3 Å². The van der Waals surface area contributed by atoms with Gasteiger partial charge in [0, 0.05) is 14.5 Å². The van der Waals surface area contributed by atoms with Crippen molar-refractivity contribution < 1.29 is 11.0 Å². The van der Waals surface area contributed by atoms with E-state index in [2.05, 4.69) is 20.8 Å². The Morgan fingerprint density at radius 1 is 1.19 bits per heavy atom. The fourth-order valence-electron chi connectivity index (χ4n) is 4.63. The van der Waals surface area contributed by atoms with Gasteiger partial charge in [-0.15, -0.1) is 5.10 Å². The Labute approximate surface area is 183 Å². The van der Waals surface area contributed by atoms with Crippen LogP contribution in [0.5, 0.6) is 0 Å². The normalized spacial score (nSPS) is 22.0. The number of nitrogens with two attached hydrogens (primary N) is 1. The zero-order valence-corrected chi connectivity index (χ0v) is 17.7. The van der Waals surface area contributed by atoms with Crippen molar-refractivity contribution in [3.8, 4) is 5.69 Å². The molecule has 2 amide bonds. The van der Waals surface area contributed by atoms with Crippen LogP contribution in [0.1, 0.15) is 58.3 Å². The molecule has 31 heavy (non-hydrogen) atoms. The quantitative estimate of drug-likeness (QED) is 0.694. The summed E-state index contributed by atoms with van der Waals surface area (Å²) >= 11 is 0. The van der Waals surface area contributed by atoms with Gasteiger partial charge in [-0.25, -0.2) is 4.68 Å². The molecule has 3 N–H and O–H groups in total. The molecular weight excluding hydrogens is 394 g/mol. The van der Waals surface area contributed by atoms with Crippen LogP contribution in [0.25, 0.3) is 5.69 Å². The molecule has 9 heteroatoms. The molecule has 0 bridgehead atoms. The van der Waals surface area contributed by atoms with E-state index in [4.69, 9.17) is 7.10 Å². The van der Waals surface area contributed by atoms with Gasteiger partial charge in [0.15, 0.2) is 0 Å². The number of para-hydroxylation sites is 1. The summed E-state index contributed by atoms with van der Waals surface area (Å²) in [6.45, 7) is 0.826. The summed E-state index contributed by atoms with van der Waals surface area (Å²) in [6, 6.07) is 6.29. The van der Waals surface area contributed by atoms with Crippen LogP contribution in [0, 0.1) is 5.89 Å². The number of carbonyl (C=O) groups is 2. The van der Waals surface area contributed by atoms with Crippen molar-refractivity contribution in [1.82, 2.24) is 30.4 Å². The Hall–Kier alpha value is -2.81. The zero-order chi connectivity index (χ0) is 22.6. The molecule has 4 rings (SSSR count). The lowest BCUT2D eigenvalue weighted by molar-refractivity contribution is -0.139. The average molecular weight is 427 g/mol. The van der Waals surface area contributed by atoms with Crippen molar-refractivity contribution in [2.45, 2.75) is 70.0 Å². The van der Waals surface area contributed by atoms with Crippen molar-refractivity contribution in [3.63, 3.8) is 0 Å².